The number of carbonyl (C=O) groups excluding carboxylic acids is 1. The van der Waals surface area contributed by atoms with Gasteiger partial charge in [0.1, 0.15) is 0 Å². The van der Waals surface area contributed by atoms with Gasteiger partial charge in [-0.1, -0.05) is 20.8 Å². The molecule has 0 spiro atoms. The van der Waals surface area contributed by atoms with Gasteiger partial charge in [0.25, 0.3) is 0 Å². The lowest BCUT2D eigenvalue weighted by Gasteiger charge is -2.21. The summed E-state index contributed by atoms with van der Waals surface area (Å²) in [5.41, 5.74) is -0.450. The number of nitrogens with one attached hydrogen (secondary N) is 1. The summed E-state index contributed by atoms with van der Waals surface area (Å²) in [5, 5.41) is 2.83. The fourth-order valence-corrected chi connectivity index (χ4v) is 0.787. The Hall–Kier alpha value is -0.570. The molecule has 0 aromatic carbocycles. The number of carbonyl (C=O) groups is 1. The SMILES string of the molecule is CC(C)(C)OCCNC(=O)C(C)(C)C. The molecule has 0 fully saturated rings. The molecule has 0 aromatic rings. The molecular weight excluding hydrogens is 178 g/mol. The average molecular weight is 201 g/mol. The fourth-order valence-electron chi connectivity index (χ4n) is 0.787. The maximum Gasteiger partial charge on any atom is 0.225 e. The molecule has 0 saturated carbocycles. The van der Waals surface area contributed by atoms with Gasteiger partial charge in [-0.05, 0) is 20.8 Å². The van der Waals surface area contributed by atoms with Crippen LogP contribution in [0.2, 0.25) is 0 Å². The third kappa shape index (κ3) is 6.89. The number of hydrogen-bond acceptors (Lipinski definition) is 2. The summed E-state index contributed by atoms with van der Waals surface area (Å²) in [6, 6.07) is 0. The van der Waals surface area contributed by atoms with Gasteiger partial charge < -0.3 is 10.1 Å². The van der Waals surface area contributed by atoms with Crippen LogP contribution in [0.1, 0.15) is 41.5 Å². The zero-order chi connectivity index (χ0) is 11.4. The first kappa shape index (κ1) is 13.4. The second-order valence-corrected chi connectivity index (χ2v) is 5.47. The molecule has 0 atom stereocenters. The van der Waals surface area contributed by atoms with Gasteiger partial charge in [-0.2, -0.15) is 0 Å². The summed E-state index contributed by atoms with van der Waals surface area (Å²) < 4.78 is 5.48. The molecule has 1 amide bonds. The van der Waals surface area contributed by atoms with Crippen molar-refractivity contribution in [2.24, 2.45) is 5.41 Å². The Bertz CT molecular complexity index is 186. The quantitative estimate of drug-likeness (QED) is 0.709. The van der Waals surface area contributed by atoms with E-state index < -0.39 is 0 Å². The summed E-state index contributed by atoms with van der Waals surface area (Å²) >= 11 is 0. The Balaban J connectivity index is 3.62. The number of ether oxygens (including phenoxy) is 1. The van der Waals surface area contributed by atoms with E-state index in [2.05, 4.69) is 5.32 Å². The van der Waals surface area contributed by atoms with E-state index in [0.29, 0.717) is 13.2 Å². The van der Waals surface area contributed by atoms with Gasteiger partial charge in [-0.15, -0.1) is 0 Å². The van der Waals surface area contributed by atoms with E-state index >= 15 is 0 Å². The van der Waals surface area contributed by atoms with Crippen LogP contribution in [-0.2, 0) is 9.53 Å². The number of amides is 1. The molecule has 1 N–H and O–H groups in total. The maximum absolute atomic E-state index is 11.4. The van der Waals surface area contributed by atoms with Crippen LogP contribution >= 0.6 is 0 Å². The second kappa shape index (κ2) is 4.78. The number of rotatable bonds is 3. The molecule has 0 aliphatic rings. The van der Waals surface area contributed by atoms with E-state index in [1.54, 1.807) is 0 Å². The van der Waals surface area contributed by atoms with Gasteiger partial charge in [-0.25, -0.2) is 0 Å². The van der Waals surface area contributed by atoms with Crippen LogP contribution < -0.4 is 5.32 Å². The van der Waals surface area contributed by atoms with Gasteiger partial charge in [0, 0.05) is 12.0 Å². The van der Waals surface area contributed by atoms with Crippen molar-refractivity contribution in [3.05, 3.63) is 0 Å². The summed E-state index contributed by atoms with van der Waals surface area (Å²) in [6.45, 7) is 12.8. The van der Waals surface area contributed by atoms with Crippen LogP contribution in [0.3, 0.4) is 0 Å². The highest BCUT2D eigenvalue weighted by atomic mass is 16.5. The van der Waals surface area contributed by atoms with Crippen LogP contribution in [0.25, 0.3) is 0 Å². The van der Waals surface area contributed by atoms with E-state index in [0.717, 1.165) is 0 Å². The Kier molecular flexibility index (Phi) is 4.59. The van der Waals surface area contributed by atoms with E-state index in [1.165, 1.54) is 0 Å². The maximum atomic E-state index is 11.4. The first-order valence-electron chi connectivity index (χ1n) is 5.05. The molecule has 84 valence electrons. The summed E-state index contributed by atoms with van der Waals surface area (Å²) in [5.74, 6) is 0.0648. The van der Waals surface area contributed by atoms with Crippen molar-refractivity contribution in [1.82, 2.24) is 5.32 Å². The van der Waals surface area contributed by atoms with Gasteiger partial charge >= 0.3 is 0 Å². The Morgan fingerprint density at radius 2 is 1.64 bits per heavy atom. The molecule has 14 heavy (non-hydrogen) atoms. The van der Waals surface area contributed by atoms with E-state index in [1.807, 2.05) is 41.5 Å². The van der Waals surface area contributed by atoms with E-state index in [-0.39, 0.29) is 16.9 Å². The van der Waals surface area contributed by atoms with Crippen molar-refractivity contribution < 1.29 is 9.53 Å². The minimum Gasteiger partial charge on any atom is -0.374 e. The van der Waals surface area contributed by atoms with Crippen molar-refractivity contribution in [2.45, 2.75) is 47.1 Å². The molecule has 0 aliphatic carbocycles. The Morgan fingerprint density at radius 3 is 2.00 bits per heavy atom. The second-order valence-electron chi connectivity index (χ2n) is 5.47. The van der Waals surface area contributed by atoms with Crippen LogP contribution in [0.4, 0.5) is 0 Å². The standard InChI is InChI=1S/C11H23NO2/c1-10(2,3)9(13)12-7-8-14-11(4,5)6/h7-8H2,1-6H3,(H,12,13). The smallest absolute Gasteiger partial charge is 0.225 e. The first-order valence-corrected chi connectivity index (χ1v) is 5.05. The van der Waals surface area contributed by atoms with Crippen molar-refractivity contribution in [1.29, 1.82) is 0 Å². The van der Waals surface area contributed by atoms with Crippen molar-refractivity contribution in [2.75, 3.05) is 13.2 Å². The third-order valence-electron chi connectivity index (χ3n) is 1.60. The molecule has 0 heterocycles. The largest absolute Gasteiger partial charge is 0.374 e. The highest BCUT2D eigenvalue weighted by Gasteiger charge is 2.20. The molecule has 0 saturated heterocycles. The van der Waals surface area contributed by atoms with Crippen LogP contribution in [-0.4, -0.2) is 24.7 Å². The summed E-state index contributed by atoms with van der Waals surface area (Å²) in [6.07, 6.45) is 0. The summed E-state index contributed by atoms with van der Waals surface area (Å²) in [4.78, 5) is 11.4. The van der Waals surface area contributed by atoms with Gasteiger partial charge in [0.15, 0.2) is 0 Å². The lowest BCUT2D eigenvalue weighted by atomic mass is 9.96. The highest BCUT2D eigenvalue weighted by Crippen LogP contribution is 2.12. The van der Waals surface area contributed by atoms with E-state index in [4.69, 9.17) is 4.74 Å². The van der Waals surface area contributed by atoms with Crippen molar-refractivity contribution in [3.63, 3.8) is 0 Å². The normalized spacial score (nSPS) is 12.7. The van der Waals surface area contributed by atoms with E-state index in [9.17, 15) is 4.79 Å². The molecule has 0 aromatic heterocycles. The lowest BCUT2D eigenvalue weighted by molar-refractivity contribution is -0.129. The zero-order valence-electron chi connectivity index (χ0n) is 10.2. The minimum absolute atomic E-state index is 0.0648. The Morgan fingerprint density at radius 1 is 1.14 bits per heavy atom. The lowest BCUT2D eigenvalue weighted by Crippen LogP contribution is -2.37. The molecule has 0 radical (unpaired) electrons. The molecule has 0 unspecified atom stereocenters. The molecule has 3 nitrogen and oxygen atoms in total. The van der Waals surface area contributed by atoms with Crippen LogP contribution in [0, 0.1) is 5.41 Å². The minimum atomic E-state index is -0.318. The molecule has 0 bridgehead atoms. The van der Waals surface area contributed by atoms with Crippen molar-refractivity contribution in [3.8, 4) is 0 Å². The molecule has 0 aliphatic heterocycles. The summed E-state index contributed by atoms with van der Waals surface area (Å²) in [7, 11) is 0. The predicted octanol–water partition coefficient (Wildman–Crippen LogP) is 1.96. The monoisotopic (exact) mass is 201 g/mol. The third-order valence-corrected chi connectivity index (χ3v) is 1.60. The topological polar surface area (TPSA) is 38.3 Å². The van der Waals surface area contributed by atoms with Gasteiger partial charge in [-0.3, -0.25) is 4.79 Å². The van der Waals surface area contributed by atoms with Gasteiger partial charge in [0.05, 0.1) is 12.2 Å². The zero-order valence-corrected chi connectivity index (χ0v) is 10.2. The highest BCUT2D eigenvalue weighted by molar-refractivity contribution is 5.81. The van der Waals surface area contributed by atoms with Crippen molar-refractivity contribution >= 4 is 5.91 Å². The Labute approximate surface area is 87.2 Å². The van der Waals surface area contributed by atoms with Crippen LogP contribution in [0.5, 0.6) is 0 Å². The molecule has 0 rings (SSSR count). The van der Waals surface area contributed by atoms with Crippen LogP contribution in [0.15, 0.2) is 0 Å². The first-order chi connectivity index (χ1) is 6.13. The fraction of sp³-hybridized carbons (Fsp3) is 0.909. The van der Waals surface area contributed by atoms with Gasteiger partial charge in [0.2, 0.25) is 5.91 Å². The molecular formula is C11H23NO2. The average Bonchev–Trinajstić information content (AvgIpc) is 1.93. The molecule has 3 heteroatoms. The predicted molar refractivity (Wildman–Crippen MR) is 58.2 cm³/mol. The number of hydrogen-bond donors (Lipinski definition) is 1.